The first kappa shape index (κ1) is 42.5. The van der Waals surface area contributed by atoms with Crippen molar-refractivity contribution in [3.05, 3.63) is 28.8 Å². The van der Waals surface area contributed by atoms with Gasteiger partial charge in [-0.1, -0.05) is 195 Å². The molecule has 0 radical (unpaired) electrons. The van der Waals surface area contributed by atoms with E-state index in [0.29, 0.717) is 25.2 Å². The van der Waals surface area contributed by atoms with E-state index < -0.39 is 0 Å². The number of benzene rings is 1. The standard InChI is InChI=1S/C43H78O3/c1-8-11-14-15-16-17-18-19-20-21-22-23-24-25-26-29-34-46-40(44)31-30-37-35-38(42(4,5)32-27-12-9-2)41(45)39(36-37)43(6,7)33-28-13-10-3/h35-36,45H,8-34H2,1-7H3. The average molecular weight is 643 g/mol. The highest BCUT2D eigenvalue weighted by atomic mass is 16.5. The van der Waals surface area contributed by atoms with Crippen molar-refractivity contribution in [2.45, 2.75) is 226 Å². The van der Waals surface area contributed by atoms with E-state index in [9.17, 15) is 9.90 Å². The largest absolute Gasteiger partial charge is 0.507 e. The lowest BCUT2D eigenvalue weighted by molar-refractivity contribution is -0.143. The lowest BCUT2D eigenvalue weighted by atomic mass is 9.73. The molecule has 3 heteroatoms. The van der Waals surface area contributed by atoms with Crippen LogP contribution in [0, 0.1) is 0 Å². The number of hydrogen-bond donors (Lipinski definition) is 1. The zero-order valence-corrected chi connectivity index (χ0v) is 32.0. The molecule has 0 aliphatic carbocycles. The molecule has 0 aliphatic heterocycles. The van der Waals surface area contributed by atoms with Crippen LogP contribution >= 0.6 is 0 Å². The van der Waals surface area contributed by atoms with Crippen LogP contribution in [0.25, 0.3) is 0 Å². The van der Waals surface area contributed by atoms with E-state index in [1.807, 2.05) is 0 Å². The summed E-state index contributed by atoms with van der Waals surface area (Å²) in [6.07, 6.45) is 31.8. The van der Waals surface area contributed by atoms with Crippen molar-refractivity contribution in [3.63, 3.8) is 0 Å². The second kappa shape index (κ2) is 25.5. The summed E-state index contributed by atoms with van der Waals surface area (Å²) in [5.74, 6) is 0.374. The van der Waals surface area contributed by atoms with Crippen LogP contribution in [0.3, 0.4) is 0 Å². The van der Waals surface area contributed by atoms with Crippen LogP contribution in [0.4, 0.5) is 0 Å². The quantitative estimate of drug-likeness (QED) is 0.0671. The van der Waals surface area contributed by atoms with Gasteiger partial charge in [0.25, 0.3) is 0 Å². The van der Waals surface area contributed by atoms with E-state index in [2.05, 4.69) is 60.6 Å². The van der Waals surface area contributed by atoms with Crippen molar-refractivity contribution in [2.75, 3.05) is 6.61 Å². The molecule has 268 valence electrons. The maximum absolute atomic E-state index is 12.7. The minimum atomic E-state index is -0.114. The molecule has 0 fully saturated rings. The van der Waals surface area contributed by atoms with Gasteiger partial charge in [0.05, 0.1) is 6.61 Å². The van der Waals surface area contributed by atoms with Crippen LogP contribution < -0.4 is 0 Å². The highest BCUT2D eigenvalue weighted by Crippen LogP contribution is 2.44. The van der Waals surface area contributed by atoms with Gasteiger partial charge in [-0.2, -0.15) is 0 Å². The van der Waals surface area contributed by atoms with Crippen LogP contribution in [-0.2, 0) is 26.8 Å². The Bertz CT molecular complexity index is 856. The number of phenolic OH excluding ortho intramolecular Hbond substituents is 1. The smallest absolute Gasteiger partial charge is 0.306 e. The maximum Gasteiger partial charge on any atom is 0.306 e. The predicted octanol–water partition coefficient (Wildman–Crippen LogP) is 13.8. The van der Waals surface area contributed by atoms with Gasteiger partial charge in [0.2, 0.25) is 0 Å². The highest BCUT2D eigenvalue weighted by Gasteiger charge is 2.31. The van der Waals surface area contributed by atoms with Crippen LogP contribution in [-0.4, -0.2) is 17.7 Å². The van der Waals surface area contributed by atoms with E-state index in [4.69, 9.17) is 4.74 Å². The monoisotopic (exact) mass is 643 g/mol. The number of rotatable bonds is 30. The van der Waals surface area contributed by atoms with E-state index in [1.54, 1.807) is 0 Å². The highest BCUT2D eigenvalue weighted by molar-refractivity contribution is 5.69. The summed E-state index contributed by atoms with van der Waals surface area (Å²) >= 11 is 0. The van der Waals surface area contributed by atoms with Gasteiger partial charge in [0.15, 0.2) is 0 Å². The Morgan fingerprint density at radius 2 is 0.913 bits per heavy atom. The first-order valence-electron chi connectivity index (χ1n) is 20.1. The molecule has 0 amide bonds. The summed E-state index contributed by atoms with van der Waals surface area (Å²) in [5.41, 5.74) is 3.01. The summed E-state index contributed by atoms with van der Waals surface area (Å²) in [6.45, 7) is 16.4. The van der Waals surface area contributed by atoms with E-state index >= 15 is 0 Å². The van der Waals surface area contributed by atoms with Gasteiger partial charge in [-0.25, -0.2) is 0 Å². The molecule has 0 heterocycles. The van der Waals surface area contributed by atoms with Gasteiger partial charge >= 0.3 is 5.97 Å². The molecule has 0 aliphatic rings. The Morgan fingerprint density at radius 1 is 0.565 bits per heavy atom. The van der Waals surface area contributed by atoms with Gasteiger partial charge in [-0.15, -0.1) is 0 Å². The molecule has 1 aromatic rings. The zero-order valence-electron chi connectivity index (χ0n) is 32.0. The lowest BCUT2D eigenvalue weighted by Gasteiger charge is -2.32. The van der Waals surface area contributed by atoms with Gasteiger partial charge in [0, 0.05) is 17.5 Å². The molecule has 1 rings (SSSR count). The maximum atomic E-state index is 12.7. The third-order valence-electron chi connectivity index (χ3n) is 10.3. The zero-order chi connectivity index (χ0) is 34.1. The van der Waals surface area contributed by atoms with Crippen LogP contribution in [0.2, 0.25) is 0 Å². The topological polar surface area (TPSA) is 46.5 Å². The summed E-state index contributed by atoms with van der Waals surface area (Å²) in [6, 6.07) is 4.35. The third-order valence-corrected chi connectivity index (χ3v) is 10.3. The number of aromatic hydroxyl groups is 1. The SMILES string of the molecule is CCCCCCCCCCCCCCCCCCOC(=O)CCc1cc(C(C)(C)CCCCC)c(O)c(C(C)(C)CCCCC)c1. The average Bonchev–Trinajstić information content (AvgIpc) is 3.02. The fourth-order valence-electron chi connectivity index (χ4n) is 6.93. The lowest BCUT2D eigenvalue weighted by Crippen LogP contribution is -2.23. The molecule has 46 heavy (non-hydrogen) atoms. The number of hydrogen-bond acceptors (Lipinski definition) is 3. The van der Waals surface area contributed by atoms with Crippen molar-refractivity contribution in [1.29, 1.82) is 0 Å². The molecule has 1 aromatic carbocycles. The number of esters is 1. The van der Waals surface area contributed by atoms with Gasteiger partial charge in [-0.3, -0.25) is 4.79 Å². The third kappa shape index (κ3) is 18.7. The Balaban J connectivity index is 2.44. The fourth-order valence-corrected chi connectivity index (χ4v) is 6.93. The molecule has 0 atom stereocenters. The van der Waals surface area contributed by atoms with Gasteiger partial charge in [0.1, 0.15) is 5.75 Å². The first-order valence-corrected chi connectivity index (χ1v) is 20.1. The Labute approximate surface area is 287 Å². The van der Waals surface area contributed by atoms with Crippen molar-refractivity contribution >= 4 is 5.97 Å². The predicted molar refractivity (Wildman–Crippen MR) is 201 cm³/mol. The summed E-state index contributed by atoms with van der Waals surface area (Å²) in [7, 11) is 0. The Morgan fingerprint density at radius 3 is 1.30 bits per heavy atom. The Hall–Kier alpha value is -1.51. The Kier molecular flexibility index (Phi) is 23.6. The van der Waals surface area contributed by atoms with Crippen molar-refractivity contribution in [1.82, 2.24) is 0 Å². The van der Waals surface area contributed by atoms with E-state index in [0.717, 1.165) is 55.2 Å². The first-order chi connectivity index (χ1) is 22.1. The number of ether oxygens (including phenoxy) is 1. The second-order valence-electron chi connectivity index (χ2n) is 15.7. The minimum absolute atomic E-state index is 0.0958. The number of carbonyl (C=O) groups is 1. The van der Waals surface area contributed by atoms with Crippen LogP contribution in [0.15, 0.2) is 12.1 Å². The molecule has 0 saturated heterocycles. The number of carbonyl (C=O) groups excluding carboxylic acids is 1. The van der Waals surface area contributed by atoms with E-state index in [1.165, 1.54) is 116 Å². The number of phenols is 1. The summed E-state index contributed by atoms with van der Waals surface area (Å²) < 4.78 is 5.64. The second-order valence-corrected chi connectivity index (χ2v) is 15.7. The number of unbranched alkanes of at least 4 members (excludes halogenated alkanes) is 19. The van der Waals surface area contributed by atoms with Crippen molar-refractivity contribution < 1.29 is 14.6 Å². The minimum Gasteiger partial charge on any atom is -0.507 e. The molecular formula is C43H78O3. The van der Waals surface area contributed by atoms with Crippen LogP contribution in [0.1, 0.15) is 226 Å². The molecule has 0 aromatic heterocycles. The molecule has 0 unspecified atom stereocenters. The molecular weight excluding hydrogens is 564 g/mol. The molecule has 0 bridgehead atoms. The van der Waals surface area contributed by atoms with Gasteiger partial charge < -0.3 is 9.84 Å². The molecule has 0 spiro atoms. The normalized spacial score (nSPS) is 12.2. The molecule has 0 saturated carbocycles. The van der Waals surface area contributed by atoms with Gasteiger partial charge in [-0.05, 0) is 42.1 Å². The van der Waals surface area contributed by atoms with E-state index in [-0.39, 0.29) is 16.8 Å². The summed E-state index contributed by atoms with van der Waals surface area (Å²) in [5, 5.41) is 11.6. The fraction of sp³-hybridized carbons (Fsp3) is 0.837. The van der Waals surface area contributed by atoms with Crippen molar-refractivity contribution in [2.24, 2.45) is 0 Å². The molecule has 1 N–H and O–H groups in total. The molecule has 3 nitrogen and oxygen atoms in total. The van der Waals surface area contributed by atoms with Crippen molar-refractivity contribution in [3.8, 4) is 5.75 Å². The number of aryl methyl sites for hydroxylation is 1. The summed E-state index contributed by atoms with van der Waals surface area (Å²) in [4.78, 5) is 12.7. The van der Waals surface area contributed by atoms with Crippen LogP contribution in [0.5, 0.6) is 5.75 Å².